The van der Waals surface area contributed by atoms with Crippen molar-refractivity contribution in [1.82, 2.24) is 15.0 Å². The van der Waals surface area contributed by atoms with Gasteiger partial charge in [0.2, 0.25) is 0 Å². The van der Waals surface area contributed by atoms with Crippen LogP contribution < -0.4 is 9.47 Å². The van der Waals surface area contributed by atoms with Crippen molar-refractivity contribution >= 4 is 28.6 Å². The minimum atomic E-state index is 0.0499. The molecule has 0 radical (unpaired) electrons. The third-order valence-corrected chi connectivity index (χ3v) is 4.95. The number of nitrogens with zero attached hydrogens (tertiary/aromatic N) is 2. The third kappa shape index (κ3) is 3.07. The van der Waals surface area contributed by atoms with Crippen molar-refractivity contribution in [2.45, 2.75) is 24.8 Å². The van der Waals surface area contributed by atoms with Gasteiger partial charge >= 0.3 is 0 Å². The van der Waals surface area contributed by atoms with Crippen LogP contribution in [-0.4, -0.2) is 33.9 Å². The first-order chi connectivity index (χ1) is 12.1. The number of carbonyl (C=O) groups excluding carboxylic acids is 1. The lowest BCUT2D eigenvalue weighted by atomic mass is 10.0. The van der Waals surface area contributed by atoms with Crippen LogP contribution >= 0.6 is 11.8 Å². The molecule has 1 N–H and O–H groups in total. The predicted molar refractivity (Wildman–Crippen MR) is 95.6 cm³/mol. The number of imidazole rings is 1. The van der Waals surface area contributed by atoms with E-state index >= 15 is 0 Å². The van der Waals surface area contributed by atoms with E-state index in [-0.39, 0.29) is 5.78 Å². The summed E-state index contributed by atoms with van der Waals surface area (Å²) in [6.45, 7) is 4.60. The number of carbonyl (C=O) groups is 1. The van der Waals surface area contributed by atoms with Crippen LogP contribution in [0, 0.1) is 6.92 Å². The van der Waals surface area contributed by atoms with E-state index in [1.807, 2.05) is 25.1 Å². The molecule has 7 heteroatoms. The molecule has 6 nitrogen and oxygen atoms in total. The monoisotopic (exact) mass is 355 g/mol. The lowest BCUT2D eigenvalue weighted by Gasteiger charge is -2.19. The van der Waals surface area contributed by atoms with Crippen LogP contribution in [0.2, 0.25) is 0 Å². The van der Waals surface area contributed by atoms with Gasteiger partial charge in [-0.05, 0) is 31.5 Å². The van der Waals surface area contributed by atoms with E-state index in [0.717, 1.165) is 33.2 Å². The van der Waals surface area contributed by atoms with Gasteiger partial charge in [0.1, 0.15) is 13.2 Å². The van der Waals surface area contributed by atoms with E-state index in [4.69, 9.17) is 9.47 Å². The Hall–Kier alpha value is -2.54. The van der Waals surface area contributed by atoms with Crippen molar-refractivity contribution in [3.63, 3.8) is 0 Å². The molecule has 0 saturated heterocycles. The second-order valence-electron chi connectivity index (χ2n) is 5.85. The summed E-state index contributed by atoms with van der Waals surface area (Å²) in [5.41, 5.74) is 4.21. The van der Waals surface area contributed by atoms with E-state index in [1.165, 1.54) is 0 Å². The number of aromatic amines is 1. The Bertz CT molecular complexity index is 968. The van der Waals surface area contributed by atoms with Crippen LogP contribution in [0.25, 0.3) is 11.0 Å². The van der Waals surface area contributed by atoms with Gasteiger partial charge in [0.05, 0.1) is 16.7 Å². The molecule has 0 unspecified atom stereocenters. The topological polar surface area (TPSA) is 77.1 Å². The lowest BCUT2D eigenvalue weighted by Crippen LogP contribution is -2.16. The minimum absolute atomic E-state index is 0.0499. The number of aryl methyl sites for hydroxylation is 1. The van der Waals surface area contributed by atoms with Crippen LogP contribution in [0.3, 0.4) is 0 Å². The van der Waals surface area contributed by atoms with Gasteiger partial charge in [-0.1, -0.05) is 11.8 Å². The Kier molecular flexibility index (Phi) is 4.09. The molecule has 128 valence electrons. The molecule has 0 bridgehead atoms. The second kappa shape index (κ2) is 6.40. The molecule has 25 heavy (non-hydrogen) atoms. The largest absolute Gasteiger partial charge is 0.486 e. The summed E-state index contributed by atoms with van der Waals surface area (Å²) in [6.07, 6.45) is 1.73. The Morgan fingerprint density at radius 1 is 1.32 bits per heavy atom. The number of benzene rings is 1. The summed E-state index contributed by atoms with van der Waals surface area (Å²) >= 11 is 1.54. The smallest absolute Gasteiger partial charge is 0.183 e. The highest BCUT2D eigenvalue weighted by atomic mass is 32.2. The Balaban J connectivity index is 1.58. The number of ketones is 1. The molecular weight excluding hydrogens is 338 g/mol. The molecular formula is C18H17N3O3S. The number of aromatic nitrogens is 3. The Morgan fingerprint density at radius 2 is 2.16 bits per heavy atom. The summed E-state index contributed by atoms with van der Waals surface area (Å²) in [4.78, 5) is 24.0. The van der Waals surface area contributed by atoms with Crippen molar-refractivity contribution in [2.24, 2.45) is 0 Å². The average molecular weight is 355 g/mol. The first-order valence-electron chi connectivity index (χ1n) is 7.99. The molecule has 2 aromatic heterocycles. The van der Waals surface area contributed by atoms with E-state index < -0.39 is 0 Å². The van der Waals surface area contributed by atoms with Gasteiger partial charge < -0.3 is 14.5 Å². The highest BCUT2D eigenvalue weighted by Crippen LogP contribution is 2.35. The maximum atomic E-state index is 11.7. The zero-order chi connectivity index (χ0) is 17.4. The molecule has 1 aliphatic heterocycles. The molecule has 0 atom stereocenters. The van der Waals surface area contributed by atoms with Gasteiger partial charge in [-0.2, -0.15) is 0 Å². The van der Waals surface area contributed by atoms with Crippen LogP contribution in [0.4, 0.5) is 0 Å². The molecule has 0 amide bonds. The number of thioether (sulfide) groups is 1. The first-order valence-corrected chi connectivity index (χ1v) is 8.98. The molecule has 1 aliphatic rings. The molecule has 0 fully saturated rings. The highest BCUT2D eigenvalue weighted by Gasteiger charge is 2.17. The van der Waals surface area contributed by atoms with E-state index in [2.05, 4.69) is 15.0 Å². The van der Waals surface area contributed by atoms with Gasteiger partial charge in [0.25, 0.3) is 0 Å². The third-order valence-electron chi connectivity index (χ3n) is 4.06. The first kappa shape index (κ1) is 16.0. The number of hydrogen-bond acceptors (Lipinski definition) is 6. The quantitative estimate of drug-likeness (QED) is 0.570. The van der Waals surface area contributed by atoms with Gasteiger partial charge in [-0.15, -0.1) is 0 Å². The number of Topliss-reactive ketones (excluding diaryl/α,β-unsaturated/α-hetero) is 1. The standard InChI is InChI=1S/C18H17N3O3S/c1-10-7-13-14(8-12(10)11(2)22)21-18(20-13)25-9-15-17-16(3-4-19-15)23-5-6-24-17/h3-4,7-8H,5-6,9H2,1-2H3,(H,20,21). The normalized spacial score (nSPS) is 13.2. The van der Waals surface area contributed by atoms with Crippen molar-refractivity contribution in [1.29, 1.82) is 0 Å². The van der Waals surface area contributed by atoms with Gasteiger partial charge in [-0.3, -0.25) is 9.78 Å². The zero-order valence-electron chi connectivity index (χ0n) is 14.0. The fourth-order valence-corrected chi connectivity index (χ4v) is 3.69. The van der Waals surface area contributed by atoms with Crippen LogP contribution in [-0.2, 0) is 5.75 Å². The number of H-pyrrole nitrogens is 1. The van der Waals surface area contributed by atoms with Gasteiger partial charge in [-0.25, -0.2) is 4.98 Å². The van der Waals surface area contributed by atoms with Gasteiger partial charge in [0.15, 0.2) is 22.4 Å². The number of nitrogens with one attached hydrogen (secondary N) is 1. The molecule has 4 rings (SSSR count). The lowest BCUT2D eigenvalue weighted by molar-refractivity contribution is 0.101. The predicted octanol–water partition coefficient (Wildman–Crippen LogP) is 3.53. The maximum absolute atomic E-state index is 11.7. The van der Waals surface area contributed by atoms with Crippen LogP contribution in [0.5, 0.6) is 11.5 Å². The summed E-state index contributed by atoms with van der Waals surface area (Å²) in [5, 5.41) is 0.784. The van der Waals surface area contributed by atoms with E-state index in [9.17, 15) is 4.79 Å². The van der Waals surface area contributed by atoms with E-state index in [1.54, 1.807) is 24.9 Å². The van der Waals surface area contributed by atoms with Gasteiger partial charge in [0, 0.05) is 23.6 Å². The van der Waals surface area contributed by atoms with Crippen molar-refractivity contribution in [3.8, 4) is 11.5 Å². The van der Waals surface area contributed by atoms with Crippen molar-refractivity contribution in [2.75, 3.05) is 13.2 Å². The highest BCUT2D eigenvalue weighted by molar-refractivity contribution is 7.98. The fourth-order valence-electron chi connectivity index (χ4n) is 2.86. The summed E-state index contributed by atoms with van der Waals surface area (Å²) in [7, 11) is 0. The maximum Gasteiger partial charge on any atom is 0.183 e. The van der Waals surface area contributed by atoms with Crippen molar-refractivity contribution in [3.05, 3.63) is 41.2 Å². The molecule has 0 spiro atoms. The molecule has 0 saturated carbocycles. The molecule has 0 aliphatic carbocycles. The number of pyridine rings is 1. The summed E-state index contributed by atoms with van der Waals surface area (Å²) in [6, 6.07) is 5.62. The van der Waals surface area contributed by atoms with Crippen molar-refractivity contribution < 1.29 is 14.3 Å². The van der Waals surface area contributed by atoms with Crippen LogP contribution in [0.1, 0.15) is 28.5 Å². The van der Waals surface area contributed by atoms with E-state index in [0.29, 0.717) is 30.3 Å². The Labute approximate surface area is 149 Å². The SMILES string of the molecule is CC(=O)c1cc2nc(SCc3nccc4c3OCCO4)[nH]c2cc1C. The number of fused-ring (bicyclic) bond motifs is 2. The number of ether oxygens (including phenoxy) is 2. The minimum Gasteiger partial charge on any atom is -0.486 e. The summed E-state index contributed by atoms with van der Waals surface area (Å²) in [5.74, 6) is 2.12. The van der Waals surface area contributed by atoms with Crippen LogP contribution in [0.15, 0.2) is 29.6 Å². The number of hydrogen-bond donors (Lipinski definition) is 1. The molecule has 3 heterocycles. The molecule has 1 aromatic carbocycles. The second-order valence-corrected chi connectivity index (χ2v) is 6.82. The number of rotatable bonds is 4. The summed E-state index contributed by atoms with van der Waals surface area (Å²) < 4.78 is 11.3. The fraction of sp³-hybridized carbons (Fsp3) is 0.278. The Morgan fingerprint density at radius 3 is 3.00 bits per heavy atom. The molecule has 3 aromatic rings. The zero-order valence-corrected chi connectivity index (χ0v) is 14.8. The average Bonchev–Trinajstić information content (AvgIpc) is 3.00.